The minimum Gasteiger partial charge on any atom is -0.314 e. The van der Waals surface area contributed by atoms with Crippen molar-refractivity contribution in [1.29, 1.82) is 0 Å². The quantitative estimate of drug-likeness (QED) is 0.694. The average Bonchev–Trinajstić information content (AvgIpc) is 2.99. The highest BCUT2D eigenvalue weighted by Gasteiger charge is 2.32. The maximum atomic E-state index is 11.9. The predicted octanol–water partition coefficient (Wildman–Crippen LogP) is 1.63. The van der Waals surface area contributed by atoms with Gasteiger partial charge >= 0.3 is 0 Å². The van der Waals surface area contributed by atoms with Crippen LogP contribution in [0.4, 0.5) is 0 Å². The second kappa shape index (κ2) is 5.47. The first-order valence-corrected chi connectivity index (χ1v) is 8.75. The van der Waals surface area contributed by atoms with Crippen molar-refractivity contribution >= 4 is 10.0 Å². The van der Waals surface area contributed by atoms with Gasteiger partial charge in [-0.25, -0.2) is 13.1 Å². The third-order valence-corrected chi connectivity index (χ3v) is 5.43. The van der Waals surface area contributed by atoms with E-state index in [1.165, 1.54) is 12.8 Å². The van der Waals surface area contributed by atoms with Crippen LogP contribution in [0.25, 0.3) is 0 Å². The van der Waals surface area contributed by atoms with Crippen LogP contribution in [0.3, 0.4) is 0 Å². The Bertz CT molecular complexity index is 374. The Morgan fingerprint density at radius 1 is 1.17 bits per heavy atom. The standard InChI is InChI=1S/C13H26N2O2S/c1-13(2)7-6-12(10-13)15-18(16,17)9-3-8-14-11-4-5-11/h11-12,14-15H,3-10H2,1-2H3. The molecule has 2 N–H and O–H groups in total. The molecule has 2 rings (SSSR count). The van der Waals surface area contributed by atoms with Crippen molar-refractivity contribution < 1.29 is 8.42 Å². The Kier molecular flexibility index (Phi) is 4.34. The van der Waals surface area contributed by atoms with Gasteiger partial charge in [-0.05, 0) is 50.5 Å². The third kappa shape index (κ3) is 4.86. The van der Waals surface area contributed by atoms with Crippen molar-refractivity contribution in [3.63, 3.8) is 0 Å². The highest BCUT2D eigenvalue weighted by molar-refractivity contribution is 7.89. The molecule has 0 amide bonds. The molecule has 0 aromatic carbocycles. The molecule has 18 heavy (non-hydrogen) atoms. The van der Waals surface area contributed by atoms with Crippen molar-refractivity contribution in [3.8, 4) is 0 Å². The van der Waals surface area contributed by atoms with Crippen LogP contribution in [0, 0.1) is 5.41 Å². The van der Waals surface area contributed by atoms with E-state index in [2.05, 4.69) is 23.9 Å². The van der Waals surface area contributed by atoms with E-state index in [1.54, 1.807) is 0 Å². The third-order valence-electron chi connectivity index (χ3n) is 3.91. The SMILES string of the molecule is CC1(C)CCC(NS(=O)(=O)CCCNC2CC2)C1. The van der Waals surface area contributed by atoms with Gasteiger partial charge in [0.05, 0.1) is 5.75 Å². The summed E-state index contributed by atoms with van der Waals surface area (Å²) in [5.41, 5.74) is 0.292. The van der Waals surface area contributed by atoms with Crippen LogP contribution in [-0.2, 0) is 10.0 Å². The minimum absolute atomic E-state index is 0.154. The fraction of sp³-hybridized carbons (Fsp3) is 1.00. The lowest BCUT2D eigenvalue weighted by Gasteiger charge is -2.17. The fourth-order valence-electron chi connectivity index (χ4n) is 2.71. The van der Waals surface area contributed by atoms with E-state index in [9.17, 15) is 8.42 Å². The number of hydrogen-bond donors (Lipinski definition) is 2. The average molecular weight is 274 g/mol. The van der Waals surface area contributed by atoms with Crippen LogP contribution < -0.4 is 10.0 Å². The largest absolute Gasteiger partial charge is 0.314 e. The zero-order valence-electron chi connectivity index (χ0n) is 11.5. The van der Waals surface area contributed by atoms with Crippen LogP contribution in [0.2, 0.25) is 0 Å². The van der Waals surface area contributed by atoms with Gasteiger partial charge in [-0.1, -0.05) is 13.8 Å². The minimum atomic E-state index is -3.08. The van der Waals surface area contributed by atoms with E-state index < -0.39 is 10.0 Å². The van der Waals surface area contributed by atoms with Gasteiger partial charge in [-0.15, -0.1) is 0 Å². The molecule has 2 aliphatic rings. The molecule has 2 aliphatic carbocycles. The molecule has 0 saturated heterocycles. The van der Waals surface area contributed by atoms with Crippen LogP contribution in [-0.4, -0.2) is 32.8 Å². The molecular formula is C13H26N2O2S. The summed E-state index contributed by atoms with van der Waals surface area (Å²) in [6.07, 6.45) is 6.27. The van der Waals surface area contributed by atoms with Gasteiger partial charge in [0.2, 0.25) is 10.0 Å². The lowest BCUT2D eigenvalue weighted by atomic mass is 9.92. The molecule has 1 unspecified atom stereocenters. The summed E-state index contributed by atoms with van der Waals surface area (Å²) in [6.45, 7) is 5.24. The van der Waals surface area contributed by atoms with Crippen LogP contribution in [0.5, 0.6) is 0 Å². The summed E-state index contributed by atoms with van der Waals surface area (Å²) in [5.74, 6) is 0.254. The highest BCUT2D eigenvalue weighted by Crippen LogP contribution is 2.37. The molecule has 1 atom stereocenters. The van der Waals surface area contributed by atoms with E-state index in [-0.39, 0.29) is 11.8 Å². The first-order chi connectivity index (χ1) is 8.36. The molecule has 5 heteroatoms. The summed E-state index contributed by atoms with van der Waals surface area (Å²) >= 11 is 0. The van der Waals surface area contributed by atoms with Crippen molar-refractivity contribution in [2.45, 2.75) is 64.5 Å². The van der Waals surface area contributed by atoms with Gasteiger partial charge in [-0.3, -0.25) is 0 Å². The molecule has 0 bridgehead atoms. The zero-order valence-corrected chi connectivity index (χ0v) is 12.4. The number of hydrogen-bond acceptors (Lipinski definition) is 3. The van der Waals surface area contributed by atoms with E-state index >= 15 is 0 Å². The first kappa shape index (κ1) is 14.3. The van der Waals surface area contributed by atoms with Gasteiger partial charge < -0.3 is 5.32 Å². The second-order valence-electron chi connectivity index (χ2n) is 6.62. The number of nitrogens with one attached hydrogen (secondary N) is 2. The van der Waals surface area contributed by atoms with Crippen LogP contribution in [0.15, 0.2) is 0 Å². The van der Waals surface area contributed by atoms with Crippen LogP contribution in [0.1, 0.15) is 52.4 Å². The summed E-state index contributed by atoms with van der Waals surface area (Å²) in [4.78, 5) is 0. The van der Waals surface area contributed by atoms with E-state index in [0.29, 0.717) is 17.9 Å². The van der Waals surface area contributed by atoms with Crippen molar-refractivity contribution in [2.75, 3.05) is 12.3 Å². The molecule has 2 saturated carbocycles. The maximum absolute atomic E-state index is 11.9. The molecule has 106 valence electrons. The van der Waals surface area contributed by atoms with Crippen molar-refractivity contribution in [2.24, 2.45) is 5.41 Å². The molecule has 0 radical (unpaired) electrons. The highest BCUT2D eigenvalue weighted by atomic mass is 32.2. The van der Waals surface area contributed by atoms with Gasteiger partial charge in [0.1, 0.15) is 0 Å². The Labute approximate surface area is 111 Å². The number of sulfonamides is 1. The van der Waals surface area contributed by atoms with Gasteiger partial charge in [-0.2, -0.15) is 0 Å². The summed E-state index contributed by atoms with van der Waals surface area (Å²) in [6, 6.07) is 0.817. The van der Waals surface area contributed by atoms with Crippen molar-refractivity contribution in [1.82, 2.24) is 10.0 Å². The fourth-order valence-corrected chi connectivity index (χ4v) is 4.06. The Balaban J connectivity index is 1.66. The van der Waals surface area contributed by atoms with Gasteiger partial charge in [0, 0.05) is 12.1 Å². The normalized spacial score (nSPS) is 27.6. The van der Waals surface area contributed by atoms with Gasteiger partial charge in [0.25, 0.3) is 0 Å². The lowest BCUT2D eigenvalue weighted by molar-refractivity contribution is 0.372. The molecule has 4 nitrogen and oxygen atoms in total. The maximum Gasteiger partial charge on any atom is 0.211 e. The molecule has 0 aromatic rings. The monoisotopic (exact) mass is 274 g/mol. The first-order valence-electron chi connectivity index (χ1n) is 7.10. The smallest absolute Gasteiger partial charge is 0.211 e. The Morgan fingerprint density at radius 2 is 1.89 bits per heavy atom. The van der Waals surface area contributed by atoms with E-state index in [0.717, 1.165) is 25.8 Å². The lowest BCUT2D eigenvalue weighted by Crippen LogP contribution is -2.36. The zero-order chi connectivity index (χ0) is 13.2. The molecule has 0 aliphatic heterocycles. The van der Waals surface area contributed by atoms with Gasteiger partial charge in [0.15, 0.2) is 0 Å². The molecular weight excluding hydrogens is 248 g/mol. The molecule has 0 aromatic heterocycles. The van der Waals surface area contributed by atoms with E-state index in [4.69, 9.17) is 0 Å². The number of rotatable bonds is 7. The molecule has 0 spiro atoms. The Morgan fingerprint density at radius 3 is 2.44 bits per heavy atom. The van der Waals surface area contributed by atoms with Crippen molar-refractivity contribution in [3.05, 3.63) is 0 Å². The predicted molar refractivity (Wildman–Crippen MR) is 74.0 cm³/mol. The second-order valence-corrected chi connectivity index (χ2v) is 8.50. The summed E-state index contributed by atoms with van der Waals surface area (Å²) < 4.78 is 26.7. The Hall–Kier alpha value is -0.130. The molecule has 0 heterocycles. The summed E-state index contributed by atoms with van der Waals surface area (Å²) in [5, 5.41) is 3.34. The topological polar surface area (TPSA) is 58.2 Å². The van der Waals surface area contributed by atoms with E-state index in [1.807, 2.05) is 0 Å². The molecule has 2 fully saturated rings. The summed E-state index contributed by atoms with van der Waals surface area (Å²) in [7, 11) is -3.08. The van der Waals surface area contributed by atoms with Crippen LogP contribution >= 0.6 is 0 Å².